The fourth-order valence-corrected chi connectivity index (χ4v) is 3.50. The van der Waals surface area contributed by atoms with Crippen LogP contribution in [0, 0.1) is 0 Å². The van der Waals surface area contributed by atoms with Gasteiger partial charge in [-0.3, -0.25) is 9.59 Å². The van der Waals surface area contributed by atoms with Crippen molar-refractivity contribution in [3.05, 3.63) is 44.3 Å². The van der Waals surface area contributed by atoms with E-state index in [9.17, 15) is 27.2 Å². The van der Waals surface area contributed by atoms with Crippen molar-refractivity contribution in [3.63, 3.8) is 0 Å². The summed E-state index contributed by atoms with van der Waals surface area (Å²) in [5.74, 6) is -1.16. The number of hydrogen-bond donors (Lipinski definition) is 1. The van der Waals surface area contributed by atoms with Crippen LogP contribution in [-0.4, -0.2) is 43.8 Å². The zero-order valence-corrected chi connectivity index (χ0v) is 21.3. The SMILES string of the molecule is COc1cc(Br)c(CC(=O)Cl)cc1OC(F)F.COc1cc(Br)c(CC(=O)O)cc1OC(F)F. The van der Waals surface area contributed by atoms with Gasteiger partial charge in [0, 0.05) is 15.4 Å². The summed E-state index contributed by atoms with van der Waals surface area (Å²) in [6.45, 7) is -5.97. The maximum Gasteiger partial charge on any atom is 0.387 e. The fraction of sp³-hybridized carbons (Fsp3) is 0.300. The van der Waals surface area contributed by atoms with Crippen LogP contribution in [0.5, 0.6) is 23.0 Å². The highest BCUT2D eigenvalue weighted by molar-refractivity contribution is 9.10. The smallest absolute Gasteiger partial charge is 0.387 e. The lowest BCUT2D eigenvalue weighted by atomic mass is 10.1. The molecule has 0 saturated heterocycles. The van der Waals surface area contributed by atoms with Crippen LogP contribution >= 0.6 is 43.5 Å². The summed E-state index contributed by atoms with van der Waals surface area (Å²) in [7, 11) is 2.63. The molecule has 0 spiro atoms. The van der Waals surface area contributed by atoms with Gasteiger partial charge in [0.2, 0.25) is 5.24 Å². The summed E-state index contributed by atoms with van der Waals surface area (Å²) in [6, 6.07) is 5.32. The van der Waals surface area contributed by atoms with E-state index in [-0.39, 0.29) is 35.8 Å². The van der Waals surface area contributed by atoms with Crippen LogP contribution in [0.25, 0.3) is 0 Å². The molecule has 0 atom stereocenters. The highest BCUT2D eigenvalue weighted by atomic mass is 79.9. The van der Waals surface area contributed by atoms with Crippen LogP contribution in [0.2, 0.25) is 0 Å². The second kappa shape index (κ2) is 14.2. The van der Waals surface area contributed by atoms with Gasteiger partial charge >= 0.3 is 19.2 Å². The van der Waals surface area contributed by atoms with Gasteiger partial charge in [-0.2, -0.15) is 17.6 Å². The lowest BCUT2D eigenvalue weighted by Gasteiger charge is -2.12. The molecule has 0 heterocycles. The first kappa shape index (κ1) is 29.8. The zero-order valence-electron chi connectivity index (χ0n) is 17.4. The minimum atomic E-state index is -3.00. The molecule has 0 aliphatic heterocycles. The number of carbonyl (C=O) groups is 2. The van der Waals surface area contributed by atoms with Crippen molar-refractivity contribution in [3.8, 4) is 23.0 Å². The monoisotopic (exact) mass is 638 g/mol. The molecule has 0 aromatic heterocycles. The van der Waals surface area contributed by atoms with Gasteiger partial charge in [0.05, 0.1) is 20.6 Å². The van der Waals surface area contributed by atoms with Gasteiger partial charge in [0.25, 0.3) is 0 Å². The lowest BCUT2D eigenvalue weighted by molar-refractivity contribution is -0.136. The van der Waals surface area contributed by atoms with Gasteiger partial charge in [-0.1, -0.05) is 31.9 Å². The van der Waals surface area contributed by atoms with E-state index in [4.69, 9.17) is 26.2 Å². The molecule has 0 amide bonds. The van der Waals surface area contributed by atoms with Gasteiger partial charge in [0.1, 0.15) is 0 Å². The lowest BCUT2D eigenvalue weighted by Crippen LogP contribution is -2.06. The number of ether oxygens (including phenoxy) is 4. The number of carboxylic acid groups (broad SMARTS) is 1. The molecule has 0 aliphatic carbocycles. The average Bonchev–Trinajstić information content (AvgIpc) is 2.71. The Bertz CT molecular complexity index is 930. The minimum Gasteiger partial charge on any atom is -0.493 e. The van der Waals surface area contributed by atoms with E-state index in [1.54, 1.807) is 0 Å². The Morgan fingerprint density at radius 3 is 1.50 bits per heavy atom. The molecule has 1 N–H and O–H groups in total. The second-order valence-electron chi connectivity index (χ2n) is 6.05. The van der Waals surface area contributed by atoms with Gasteiger partial charge in [-0.25, -0.2) is 0 Å². The van der Waals surface area contributed by atoms with E-state index in [2.05, 4.69) is 41.3 Å². The van der Waals surface area contributed by atoms with Crippen molar-refractivity contribution in [1.82, 2.24) is 0 Å². The standard InChI is InChI=1S/C10H8BrClF2O3.C10H9BrF2O4/c1-16-7-4-6(11)5(3-9(12)15)2-8(7)17-10(13)14;1-16-7-4-6(11)5(3-9(14)15)2-8(7)17-10(12)13/h2,4,10H,3H2,1H3;2,4,10H,3H2,1H3,(H,14,15). The van der Waals surface area contributed by atoms with Crippen LogP contribution in [-0.2, 0) is 22.4 Å². The summed E-state index contributed by atoms with van der Waals surface area (Å²) in [4.78, 5) is 21.3. The Morgan fingerprint density at radius 2 is 1.21 bits per heavy atom. The quantitative estimate of drug-likeness (QED) is 0.250. The van der Waals surface area contributed by atoms with E-state index in [1.807, 2.05) is 0 Å². The maximum absolute atomic E-state index is 12.1. The van der Waals surface area contributed by atoms with Crippen LogP contribution in [0.4, 0.5) is 17.6 Å². The molecule has 2 aromatic carbocycles. The van der Waals surface area contributed by atoms with Crippen molar-refractivity contribution in [2.45, 2.75) is 26.1 Å². The number of benzene rings is 2. The first-order chi connectivity index (χ1) is 15.9. The molecule has 0 bridgehead atoms. The second-order valence-corrected chi connectivity index (χ2v) is 8.18. The van der Waals surface area contributed by atoms with E-state index < -0.39 is 24.4 Å². The third kappa shape index (κ3) is 9.94. The number of rotatable bonds is 10. The zero-order chi connectivity index (χ0) is 26.0. The minimum absolute atomic E-state index is 0.0915. The Hall–Kier alpha value is -2.25. The molecule has 14 heteroatoms. The number of alkyl halides is 4. The van der Waals surface area contributed by atoms with E-state index in [0.717, 1.165) is 0 Å². The highest BCUT2D eigenvalue weighted by Crippen LogP contribution is 2.36. The summed E-state index contributed by atoms with van der Waals surface area (Å²) in [5.41, 5.74) is 0.774. The summed E-state index contributed by atoms with van der Waals surface area (Å²) in [6.07, 6.45) is -0.393. The number of carbonyl (C=O) groups excluding carboxylic acids is 1. The Labute approximate surface area is 213 Å². The maximum atomic E-state index is 12.1. The predicted molar refractivity (Wildman–Crippen MR) is 121 cm³/mol. The number of methoxy groups -OCH3 is 2. The highest BCUT2D eigenvalue weighted by Gasteiger charge is 2.16. The van der Waals surface area contributed by atoms with Crippen LogP contribution in [0.15, 0.2) is 33.2 Å². The van der Waals surface area contributed by atoms with Gasteiger partial charge in [-0.15, -0.1) is 0 Å². The average molecular weight is 641 g/mol. The third-order valence-corrected chi connectivity index (χ3v) is 5.38. The predicted octanol–water partition coefficient (Wildman–Crippen LogP) is 6.05. The molecule has 34 heavy (non-hydrogen) atoms. The van der Waals surface area contributed by atoms with Crippen molar-refractivity contribution in [2.24, 2.45) is 0 Å². The molecule has 2 rings (SSSR count). The molecule has 0 aliphatic rings. The summed E-state index contributed by atoms with van der Waals surface area (Å²) >= 11 is 11.5. The van der Waals surface area contributed by atoms with Gasteiger partial charge < -0.3 is 24.1 Å². The van der Waals surface area contributed by atoms with Crippen LogP contribution in [0.1, 0.15) is 11.1 Å². The molecule has 0 radical (unpaired) electrons. The Morgan fingerprint density at radius 1 is 0.824 bits per heavy atom. The molecule has 188 valence electrons. The van der Waals surface area contributed by atoms with Gasteiger partial charge in [-0.05, 0) is 47.0 Å². The number of hydrogen-bond acceptors (Lipinski definition) is 6. The molecule has 0 unspecified atom stereocenters. The van der Waals surface area contributed by atoms with Crippen LogP contribution in [0.3, 0.4) is 0 Å². The first-order valence-electron chi connectivity index (χ1n) is 8.90. The Kier molecular flexibility index (Phi) is 12.5. The van der Waals surface area contributed by atoms with E-state index >= 15 is 0 Å². The number of halogens is 7. The summed E-state index contributed by atoms with van der Waals surface area (Å²) in [5, 5.41) is 8.05. The largest absolute Gasteiger partial charge is 0.493 e. The first-order valence-corrected chi connectivity index (χ1v) is 10.9. The molecule has 7 nitrogen and oxygen atoms in total. The van der Waals surface area contributed by atoms with Crippen molar-refractivity contribution < 1.29 is 51.2 Å². The summed E-state index contributed by atoms with van der Waals surface area (Å²) < 4.78 is 67.8. The van der Waals surface area contributed by atoms with Crippen molar-refractivity contribution >= 4 is 54.7 Å². The topological polar surface area (TPSA) is 91.3 Å². The molecular weight excluding hydrogens is 623 g/mol. The van der Waals surface area contributed by atoms with E-state index in [1.165, 1.54) is 38.5 Å². The van der Waals surface area contributed by atoms with E-state index in [0.29, 0.717) is 20.1 Å². The van der Waals surface area contributed by atoms with Crippen molar-refractivity contribution in [2.75, 3.05) is 14.2 Å². The molecule has 0 saturated carbocycles. The number of aliphatic carboxylic acids is 1. The molecule has 2 aromatic rings. The fourth-order valence-electron chi connectivity index (χ4n) is 2.43. The molecular formula is C20H17Br2ClF4O7. The molecule has 0 fully saturated rings. The van der Waals surface area contributed by atoms with Crippen LogP contribution < -0.4 is 18.9 Å². The normalized spacial score (nSPS) is 10.4. The Balaban J connectivity index is 0.000000340. The number of carboxylic acids is 1. The third-order valence-electron chi connectivity index (χ3n) is 3.77. The van der Waals surface area contributed by atoms with Crippen molar-refractivity contribution in [1.29, 1.82) is 0 Å². The van der Waals surface area contributed by atoms with Gasteiger partial charge in [0.15, 0.2) is 23.0 Å².